The summed E-state index contributed by atoms with van der Waals surface area (Å²) in [5.41, 5.74) is 0. The van der Waals surface area contributed by atoms with Crippen LogP contribution >= 0.6 is 12.6 Å². The molecule has 84 valence electrons. The van der Waals surface area contributed by atoms with Gasteiger partial charge in [-0.1, -0.05) is 19.8 Å². The average molecular weight is 215 g/mol. The van der Waals surface area contributed by atoms with Crippen LogP contribution in [0.25, 0.3) is 0 Å². The largest absolute Gasteiger partial charge is 0.300 e. The van der Waals surface area contributed by atoms with Crippen molar-refractivity contribution >= 4 is 12.6 Å². The highest BCUT2D eigenvalue weighted by Gasteiger charge is 2.21. The van der Waals surface area contributed by atoms with E-state index in [4.69, 9.17) is 0 Å². The number of unbranched alkanes of at least 4 members (excludes halogenated alkanes) is 3. The van der Waals surface area contributed by atoms with Gasteiger partial charge >= 0.3 is 0 Å². The van der Waals surface area contributed by atoms with Gasteiger partial charge < -0.3 is 4.90 Å². The van der Waals surface area contributed by atoms with Crippen LogP contribution in [0.15, 0.2) is 0 Å². The zero-order valence-electron chi connectivity index (χ0n) is 9.54. The fourth-order valence-electron chi connectivity index (χ4n) is 2.43. The van der Waals surface area contributed by atoms with Crippen molar-refractivity contribution in [2.75, 3.05) is 18.8 Å². The van der Waals surface area contributed by atoms with Crippen LogP contribution in [0.1, 0.15) is 51.9 Å². The molecule has 0 spiro atoms. The highest BCUT2D eigenvalue weighted by Crippen LogP contribution is 2.20. The van der Waals surface area contributed by atoms with Crippen molar-refractivity contribution in [1.82, 2.24) is 4.90 Å². The lowest BCUT2D eigenvalue weighted by Crippen LogP contribution is -2.29. The molecule has 1 saturated heterocycles. The number of rotatable bonds is 7. The molecule has 1 nitrogen and oxygen atoms in total. The summed E-state index contributed by atoms with van der Waals surface area (Å²) < 4.78 is 0. The van der Waals surface area contributed by atoms with Crippen LogP contribution in [0.2, 0.25) is 0 Å². The van der Waals surface area contributed by atoms with Gasteiger partial charge in [-0.3, -0.25) is 0 Å². The Morgan fingerprint density at radius 2 is 2.00 bits per heavy atom. The number of nitrogens with zero attached hydrogens (tertiary/aromatic N) is 1. The highest BCUT2D eigenvalue weighted by atomic mass is 32.1. The van der Waals surface area contributed by atoms with E-state index < -0.39 is 0 Å². The molecular formula is C12H25NS. The van der Waals surface area contributed by atoms with Gasteiger partial charge in [0.2, 0.25) is 0 Å². The van der Waals surface area contributed by atoms with Crippen molar-refractivity contribution in [3.05, 3.63) is 0 Å². The fraction of sp³-hybridized carbons (Fsp3) is 1.00. The van der Waals surface area contributed by atoms with Crippen molar-refractivity contribution in [3.8, 4) is 0 Å². The first-order valence-corrected chi connectivity index (χ1v) is 6.86. The summed E-state index contributed by atoms with van der Waals surface area (Å²) in [5, 5.41) is 0. The Bertz CT molecular complexity index is 138. The number of hydrogen-bond donors (Lipinski definition) is 1. The molecule has 0 aromatic carbocycles. The monoisotopic (exact) mass is 215 g/mol. The summed E-state index contributed by atoms with van der Waals surface area (Å²) in [6, 6.07) is 0.903. The molecule has 1 fully saturated rings. The van der Waals surface area contributed by atoms with Crippen LogP contribution in [0, 0.1) is 0 Å². The summed E-state index contributed by atoms with van der Waals surface area (Å²) in [4.78, 5) is 2.70. The molecular weight excluding hydrogens is 190 g/mol. The maximum Gasteiger partial charge on any atom is 0.00931 e. The van der Waals surface area contributed by atoms with Crippen molar-refractivity contribution in [2.45, 2.75) is 57.9 Å². The zero-order valence-corrected chi connectivity index (χ0v) is 10.4. The van der Waals surface area contributed by atoms with Gasteiger partial charge in [0, 0.05) is 6.04 Å². The summed E-state index contributed by atoms with van der Waals surface area (Å²) in [6.45, 7) is 5.01. The topological polar surface area (TPSA) is 3.24 Å². The third kappa shape index (κ3) is 4.22. The van der Waals surface area contributed by atoms with Gasteiger partial charge in [-0.25, -0.2) is 0 Å². The van der Waals surface area contributed by atoms with Crippen LogP contribution in [-0.4, -0.2) is 29.8 Å². The van der Waals surface area contributed by atoms with Crippen LogP contribution in [0.4, 0.5) is 0 Å². The van der Waals surface area contributed by atoms with E-state index in [1.54, 1.807) is 0 Å². The Morgan fingerprint density at radius 1 is 1.21 bits per heavy atom. The van der Waals surface area contributed by atoms with Gasteiger partial charge in [0.25, 0.3) is 0 Å². The molecule has 0 radical (unpaired) electrons. The van der Waals surface area contributed by atoms with Crippen molar-refractivity contribution in [1.29, 1.82) is 0 Å². The molecule has 1 rings (SSSR count). The van der Waals surface area contributed by atoms with E-state index in [9.17, 15) is 0 Å². The molecule has 2 heteroatoms. The van der Waals surface area contributed by atoms with E-state index in [2.05, 4.69) is 24.5 Å². The van der Waals surface area contributed by atoms with E-state index >= 15 is 0 Å². The number of hydrogen-bond acceptors (Lipinski definition) is 2. The molecule has 1 atom stereocenters. The highest BCUT2D eigenvalue weighted by molar-refractivity contribution is 7.80. The maximum atomic E-state index is 4.23. The lowest BCUT2D eigenvalue weighted by atomic mass is 10.1. The van der Waals surface area contributed by atoms with Crippen molar-refractivity contribution in [3.63, 3.8) is 0 Å². The molecule has 0 aliphatic carbocycles. The Labute approximate surface area is 94.7 Å². The van der Waals surface area contributed by atoms with Crippen molar-refractivity contribution in [2.24, 2.45) is 0 Å². The minimum atomic E-state index is 0.903. The lowest BCUT2D eigenvalue weighted by molar-refractivity contribution is 0.243. The van der Waals surface area contributed by atoms with Crippen LogP contribution in [-0.2, 0) is 0 Å². The molecule has 0 amide bonds. The molecule has 0 bridgehead atoms. The summed E-state index contributed by atoms with van der Waals surface area (Å²) in [5.74, 6) is 1.06. The standard InChI is InChI=1S/C12H25NS/c1-2-12-8-7-10-13(12)9-5-3-4-6-11-14/h12,14H,2-11H2,1H3. The second-order valence-electron chi connectivity index (χ2n) is 4.38. The quantitative estimate of drug-likeness (QED) is 0.503. The minimum absolute atomic E-state index is 0.903. The molecule has 1 heterocycles. The summed E-state index contributed by atoms with van der Waals surface area (Å²) in [6.07, 6.45) is 9.66. The Morgan fingerprint density at radius 3 is 2.71 bits per heavy atom. The number of thiol groups is 1. The van der Waals surface area contributed by atoms with E-state index in [1.165, 1.54) is 58.0 Å². The van der Waals surface area contributed by atoms with Gasteiger partial charge in [0.1, 0.15) is 0 Å². The predicted octanol–water partition coefficient (Wildman–Crippen LogP) is 3.35. The average Bonchev–Trinajstić information content (AvgIpc) is 2.65. The normalized spacial score (nSPS) is 23.1. The van der Waals surface area contributed by atoms with Gasteiger partial charge in [0.05, 0.1) is 0 Å². The maximum absolute atomic E-state index is 4.23. The molecule has 0 saturated carbocycles. The minimum Gasteiger partial charge on any atom is -0.300 e. The third-order valence-corrected chi connectivity index (χ3v) is 3.64. The van der Waals surface area contributed by atoms with E-state index in [1.807, 2.05) is 0 Å². The second-order valence-corrected chi connectivity index (χ2v) is 4.83. The Balaban J connectivity index is 2.00. The van der Waals surface area contributed by atoms with Gasteiger partial charge in [-0.15, -0.1) is 0 Å². The summed E-state index contributed by atoms with van der Waals surface area (Å²) in [7, 11) is 0. The lowest BCUT2D eigenvalue weighted by Gasteiger charge is -2.22. The molecule has 1 unspecified atom stereocenters. The van der Waals surface area contributed by atoms with Crippen LogP contribution < -0.4 is 0 Å². The van der Waals surface area contributed by atoms with Gasteiger partial charge in [0.15, 0.2) is 0 Å². The molecule has 1 aliphatic heterocycles. The summed E-state index contributed by atoms with van der Waals surface area (Å²) >= 11 is 4.23. The van der Waals surface area contributed by atoms with Gasteiger partial charge in [-0.05, 0) is 50.9 Å². The van der Waals surface area contributed by atoms with E-state index in [-0.39, 0.29) is 0 Å². The molecule has 0 N–H and O–H groups in total. The zero-order chi connectivity index (χ0) is 10.2. The molecule has 0 aromatic rings. The fourth-order valence-corrected chi connectivity index (χ4v) is 2.66. The predicted molar refractivity (Wildman–Crippen MR) is 67.2 cm³/mol. The van der Waals surface area contributed by atoms with Gasteiger partial charge in [-0.2, -0.15) is 12.6 Å². The van der Waals surface area contributed by atoms with E-state index in [0.717, 1.165) is 11.8 Å². The Hall–Kier alpha value is 0.310. The first-order chi connectivity index (χ1) is 6.88. The van der Waals surface area contributed by atoms with Crippen LogP contribution in [0.3, 0.4) is 0 Å². The Kier molecular flexibility index (Phi) is 6.70. The molecule has 0 aromatic heterocycles. The van der Waals surface area contributed by atoms with Crippen LogP contribution in [0.5, 0.6) is 0 Å². The molecule has 1 aliphatic rings. The SMILES string of the molecule is CCC1CCCN1CCCCCCS. The first kappa shape index (κ1) is 12.4. The molecule has 14 heavy (non-hydrogen) atoms. The second kappa shape index (κ2) is 7.58. The first-order valence-electron chi connectivity index (χ1n) is 6.23. The number of likely N-dealkylation sites (tertiary alicyclic amines) is 1. The van der Waals surface area contributed by atoms with E-state index in [0.29, 0.717) is 0 Å². The third-order valence-electron chi connectivity index (χ3n) is 3.32. The smallest absolute Gasteiger partial charge is 0.00931 e. The van der Waals surface area contributed by atoms with Crippen molar-refractivity contribution < 1.29 is 0 Å².